The van der Waals surface area contributed by atoms with Gasteiger partial charge in [-0.1, -0.05) is 18.2 Å². The molecule has 0 amide bonds. The first-order chi connectivity index (χ1) is 9.97. The molecule has 0 saturated carbocycles. The van der Waals surface area contributed by atoms with Gasteiger partial charge in [-0.15, -0.1) is 0 Å². The van der Waals surface area contributed by atoms with Gasteiger partial charge < -0.3 is 14.6 Å². The van der Waals surface area contributed by atoms with Gasteiger partial charge in [-0.2, -0.15) is 0 Å². The second kappa shape index (κ2) is 6.74. The highest BCUT2D eigenvalue weighted by atomic mass is 16.4. The summed E-state index contributed by atoms with van der Waals surface area (Å²) in [6.07, 6.45) is 2.09. The first-order valence-corrected chi connectivity index (χ1v) is 7.09. The van der Waals surface area contributed by atoms with E-state index < -0.39 is 5.97 Å². The Hall–Kier alpha value is -1.85. The van der Waals surface area contributed by atoms with Crippen molar-refractivity contribution in [1.29, 1.82) is 0 Å². The highest BCUT2D eigenvalue weighted by molar-refractivity contribution is 5.83. The molecule has 1 aromatic carbocycles. The summed E-state index contributed by atoms with van der Waals surface area (Å²) < 4.78 is 2.09. The Labute approximate surface area is 125 Å². The number of benzene rings is 1. The molecule has 0 unspecified atom stereocenters. The zero-order valence-corrected chi connectivity index (χ0v) is 12.9. The summed E-state index contributed by atoms with van der Waals surface area (Å²) in [5.41, 5.74) is 2.35. The van der Waals surface area contributed by atoms with Gasteiger partial charge in [0.1, 0.15) is 0 Å². The third-order valence-corrected chi connectivity index (χ3v) is 3.60. The number of para-hydroxylation sites is 1. The van der Waals surface area contributed by atoms with Crippen LogP contribution < -0.4 is 0 Å². The molecule has 114 valence electrons. The Morgan fingerprint density at radius 2 is 1.95 bits per heavy atom. The van der Waals surface area contributed by atoms with Crippen LogP contribution in [0.25, 0.3) is 10.9 Å². The minimum atomic E-state index is -0.783. The van der Waals surface area contributed by atoms with Crippen LogP contribution in [-0.2, 0) is 18.4 Å². The van der Waals surface area contributed by atoms with Gasteiger partial charge in [0.25, 0.3) is 0 Å². The van der Waals surface area contributed by atoms with E-state index in [1.165, 1.54) is 16.5 Å². The molecule has 0 aliphatic carbocycles. The van der Waals surface area contributed by atoms with E-state index in [-0.39, 0.29) is 6.54 Å². The van der Waals surface area contributed by atoms with Crippen LogP contribution in [0, 0.1) is 0 Å². The lowest BCUT2D eigenvalue weighted by molar-refractivity contribution is -0.138. The number of aryl methyl sites for hydroxylation is 1. The monoisotopic (exact) mass is 289 g/mol. The zero-order chi connectivity index (χ0) is 15.4. The molecule has 0 bridgehead atoms. The fraction of sp³-hybridized carbons (Fsp3) is 0.438. The number of carboxylic acids is 1. The molecule has 5 nitrogen and oxygen atoms in total. The lowest BCUT2D eigenvalue weighted by Crippen LogP contribution is -2.35. The van der Waals surface area contributed by atoms with Crippen LogP contribution in [0.15, 0.2) is 30.5 Å². The van der Waals surface area contributed by atoms with Gasteiger partial charge in [0.15, 0.2) is 0 Å². The van der Waals surface area contributed by atoms with Crippen LogP contribution in [-0.4, -0.2) is 59.2 Å². The Balaban J connectivity index is 2.19. The molecule has 2 rings (SSSR count). The first-order valence-electron chi connectivity index (χ1n) is 7.09. The number of aromatic nitrogens is 1. The van der Waals surface area contributed by atoms with Crippen LogP contribution >= 0.6 is 0 Å². The van der Waals surface area contributed by atoms with Crippen molar-refractivity contribution in [3.8, 4) is 0 Å². The normalized spacial score (nSPS) is 11.7. The largest absolute Gasteiger partial charge is 0.480 e. The van der Waals surface area contributed by atoms with Crippen molar-refractivity contribution in [2.75, 3.05) is 33.7 Å². The standard InChI is InChI=1S/C16H23N3O2/c1-17(2)8-9-19(12-16(20)21)11-13-10-18(3)15-7-5-4-6-14(13)15/h4-7,10H,8-9,11-12H2,1-3H3,(H,20,21). The van der Waals surface area contributed by atoms with E-state index in [0.717, 1.165) is 13.1 Å². The lowest BCUT2D eigenvalue weighted by Gasteiger charge is -2.22. The number of carbonyl (C=O) groups is 1. The van der Waals surface area contributed by atoms with Crippen LogP contribution in [0.2, 0.25) is 0 Å². The number of hydrogen-bond donors (Lipinski definition) is 1. The third kappa shape index (κ3) is 4.06. The second-order valence-electron chi connectivity index (χ2n) is 5.69. The van der Waals surface area contributed by atoms with Crippen molar-refractivity contribution in [3.05, 3.63) is 36.0 Å². The minimum Gasteiger partial charge on any atom is -0.480 e. The van der Waals surface area contributed by atoms with Gasteiger partial charge in [0.05, 0.1) is 6.54 Å². The van der Waals surface area contributed by atoms with Gasteiger partial charge in [-0.25, -0.2) is 0 Å². The summed E-state index contributed by atoms with van der Waals surface area (Å²) in [4.78, 5) is 15.1. The topological polar surface area (TPSA) is 48.7 Å². The van der Waals surface area contributed by atoms with E-state index in [2.05, 4.69) is 27.8 Å². The maximum Gasteiger partial charge on any atom is 0.317 e. The molecule has 0 fully saturated rings. The maximum atomic E-state index is 11.1. The third-order valence-electron chi connectivity index (χ3n) is 3.60. The number of hydrogen-bond acceptors (Lipinski definition) is 3. The van der Waals surface area contributed by atoms with Crippen LogP contribution in [0.4, 0.5) is 0 Å². The molecule has 1 aromatic heterocycles. The highest BCUT2D eigenvalue weighted by Crippen LogP contribution is 2.21. The quantitative estimate of drug-likeness (QED) is 0.841. The Morgan fingerprint density at radius 1 is 1.24 bits per heavy atom. The molecule has 0 aliphatic heterocycles. The Morgan fingerprint density at radius 3 is 2.62 bits per heavy atom. The average Bonchev–Trinajstić information content (AvgIpc) is 2.73. The maximum absolute atomic E-state index is 11.1. The van der Waals surface area contributed by atoms with Crippen molar-refractivity contribution in [3.63, 3.8) is 0 Å². The first kappa shape index (κ1) is 15.5. The average molecular weight is 289 g/mol. The van der Waals surface area contributed by atoms with Crippen molar-refractivity contribution in [2.45, 2.75) is 6.54 Å². The van der Waals surface area contributed by atoms with Crippen molar-refractivity contribution in [1.82, 2.24) is 14.4 Å². The van der Waals surface area contributed by atoms with Crippen LogP contribution in [0.3, 0.4) is 0 Å². The number of carboxylic acid groups (broad SMARTS) is 1. The summed E-state index contributed by atoms with van der Waals surface area (Å²) >= 11 is 0. The molecule has 0 radical (unpaired) electrons. The molecule has 5 heteroatoms. The molecule has 0 spiro atoms. The van der Waals surface area contributed by atoms with Crippen LogP contribution in [0.5, 0.6) is 0 Å². The van der Waals surface area contributed by atoms with Gasteiger partial charge in [0, 0.05) is 43.8 Å². The van der Waals surface area contributed by atoms with Crippen molar-refractivity contribution >= 4 is 16.9 Å². The number of rotatable bonds is 7. The fourth-order valence-electron chi connectivity index (χ4n) is 2.54. The lowest BCUT2D eigenvalue weighted by atomic mass is 10.1. The fourth-order valence-corrected chi connectivity index (χ4v) is 2.54. The molecular weight excluding hydrogens is 266 g/mol. The number of likely N-dealkylation sites (N-methyl/N-ethyl adjacent to an activating group) is 1. The smallest absolute Gasteiger partial charge is 0.317 e. The molecule has 1 heterocycles. The van der Waals surface area contributed by atoms with Gasteiger partial charge in [0.2, 0.25) is 0 Å². The van der Waals surface area contributed by atoms with Crippen LogP contribution in [0.1, 0.15) is 5.56 Å². The van der Waals surface area contributed by atoms with E-state index in [1.54, 1.807) is 0 Å². The van der Waals surface area contributed by atoms with E-state index in [9.17, 15) is 4.79 Å². The summed E-state index contributed by atoms with van der Waals surface area (Å²) in [5.74, 6) is -0.783. The molecule has 0 aliphatic rings. The molecule has 2 aromatic rings. The van der Waals surface area contributed by atoms with Gasteiger partial charge in [-0.3, -0.25) is 9.69 Å². The molecule has 0 atom stereocenters. The molecular formula is C16H23N3O2. The minimum absolute atomic E-state index is 0.0665. The molecule has 21 heavy (non-hydrogen) atoms. The Bertz CT molecular complexity index is 619. The van der Waals surface area contributed by atoms with E-state index in [0.29, 0.717) is 6.54 Å². The summed E-state index contributed by atoms with van der Waals surface area (Å²) in [5, 5.41) is 10.3. The van der Waals surface area contributed by atoms with E-state index in [1.807, 2.05) is 38.2 Å². The van der Waals surface area contributed by atoms with Gasteiger partial charge >= 0.3 is 5.97 Å². The SMILES string of the molecule is CN(C)CCN(CC(=O)O)Cc1cn(C)c2ccccc12. The summed E-state index contributed by atoms with van der Waals surface area (Å²) in [6, 6.07) is 8.22. The van der Waals surface area contributed by atoms with E-state index >= 15 is 0 Å². The zero-order valence-electron chi connectivity index (χ0n) is 12.9. The summed E-state index contributed by atoms with van der Waals surface area (Å²) in [7, 11) is 6.01. The van der Waals surface area contributed by atoms with Gasteiger partial charge in [-0.05, 0) is 25.7 Å². The number of fused-ring (bicyclic) bond motifs is 1. The Kier molecular flexibility index (Phi) is 4.98. The van der Waals surface area contributed by atoms with Crippen molar-refractivity contribution < 1.29 is 9.90 Å². The number of aliphatic carboxylic acids is 1. The van der Waals surface area contributed by atoms with E-state index in [4.69, 9.17) is 5.11 Å². The highest BCUT2D eigenvalue weighted by Gasteiger charge is 2.14. The molecule has 1 N–H and O–H groups in total. The predicted octanol–water partition coefficient (Wildman–Crippen LogP) is 1.63. The second-order valence-corrected chi connectivity index (χ2v) is 5.69. The summed E-state index contributed by atoms with van der Waals surface area (Å²) in [6.45, 7) is 2.30. The molecule has 0 saturated heterocycles. The van der Waals surface area contributed by atoms with Crippen molar-refractivity contribution in [2.24, 2.45) is 7.05 Å². The number of nitrogens with zero attached hydrogens (tertiary/aromatic N) is 3. The predicted molar refractivity (Wildman–Crippen MR) is 84.4 cm³/mol.